The zero-order valence-electron chi connectivity index (χ0n) is 16.7. The van der Waals surface area contributed by atoms with Gasteiger partial charge in [-0.25, -0.2) is 4.39 Å². The maximum absolute atomic E-state index is 13.3. The van der Waals surface area contributed by atoms with Crippen LogP contribution in [0, 0.1) is 11.7 Å². The van der Waals surface area contributed by atoms with Crippen molar-refractivity contribution in [1.29, 1.82) is 0 Å². The van der Waals surface area contributed by atoms with E-state index in [0.717, 1.165) is 48.1 Å². The predicted molar refractivity (Wildman–Crippen MR) is 109 cm³/mol. The van der Waals surface area contributed by atoms with Gasteiger partial charge in [0.25, 0.3) is 0 Å². The van der Waals surface area contributed by atoms with Crippen LogP contribution in [-0.2, 0) is 29.3 Å². The molecule has 2 aromatic carbocycles. The summed E-state index contributed by atoms with van der Waals surface area (Å²) in [5.74, 6) is 1.03. The molecule has 0 N–H and O–H groups in total. The summed E-state index contributed by atoms with van der Waals surface area (Å²) >= 11 is 0. The molecule has 4 nitrogen and oxygen atoms in total. The van der Waals surface area contributed by atoms with Crippen LogP contribution in [0.3, 0.4) is 0 Å². The van der Waals surface area contributed by atoms with Crippen molar-refractivity contribution >= 4 is 5.91 Å². The molecule has 29 heavy (non-hydrogen) atoms. The highest BCUT2D eigenvalue weighted by atomic mass is 19.1. The van der Waals surface area contributed by atoms with E-state index in [4.69, 9.17) is 9.47 Å². The molecule has 4 rings (SSSR count). The number of benzene rings is 2. The molecule has 0 saturated heterocycles. The summed E-state index contributed by atoms with van der Waals surface area (Å²) in [6.07, 6.45) is 5.58. The Bertz CT molecular complexity index is 848. The van der Waals surface area contributed by atoms with E-state index in [1.54, 1.807) is 6.07 Å². The number of amides is 1. The number of halogens is 1. The number of carbonyl (C=O) groups excluding carboxylic acids is 1. The summed E-state index contributed by atoms with van der Waals surface area (Å²) in [7, 11) is 0. The fourth-order valence-corrected chi connectivity index (χ4v) is 4.25. The third kappa shape index (κ3) is 5.15. The molecule has 2 aromatic rings. The van der Waals surface area contributed by atoms with Crippen molar-refractivity contribution in [3.63, 3.8) is 0 Å². The molecular formula is C24H28FNO3. The quantitative estimate of drug-likeness (QED) is 0.724. The Morgan fingerprint density at radius 2 is 1.86 bits per heavy atom. The molecule has 0 unspecified atom stereocenters. The van der Waals surface area contributed by atoms with E-state index in [1.165, 1.54) is 18.6 Å². The SMILES string of the molecule is O=C(C1CCCCC1)N1CCOc2ccc(COCc3cccc(F)c3)cc2C1. The summed E-state index contributed by atoms with van der Waals surface area (Å²) in [5.41, 5.74) is 2.86. The molecule has 0 aromatic heterocycles. The van der Waals surface area contributed by atoms with Gasteiger partial charge in [0.15, 0.2) is 0 Å². The lowest BCUT2D eigenvalue weighted by molar-refractivity contribution is -0.137. The highest BCUT2D eigenvalue weighted by molar-refractivity contribution is 5.79. The molecule has 1 aliphatic heterocycles. The number of hydrogen-bond donors (Lipinski definition) is 0. The fourth-order valence-electron chi connectivity index (χ4n) is 4.25. The van der Waals surface area contributed by atoms with E-state index in [9.17, 15) is 9.18 Å². The lowest BCUT2D eigenvalue weighted by Gasteiger charge is -2.28. The third-order valence-corrected chi connectivity index (χ3v) is 5.80. The van der Waals surface area contributed by atoms with Gasteiger partial charge in [-0.1, -0.05) is 37.5 Å². The van der Waals surface area contributed by atoms with Crippen molar-refractivity contribution in [3.05, 3.63) is 65.0 Å². The highest BCUT2D eigenvalue weighted by Crippen LogP contribution is 2.29. The lowest BCUT2D eigenvalue weighted by atomic mass is 9.88. The maximum atomic E-state index is 13.3. The smallest absolute Gasteiger partial charge is 0.226 e. The number of carbonyl (C=O) groups is 1. The number of fused-ring (bicyclic) bond motifs is 1. The van der Waals surface area contributed by atoms with Crippen LogP contribution in [0.5, 0.6) is 5.75 Å². The number of ether oxygens (including phenoxy) is 2. The first-order valence-electron chi connectivity index (χ1n) is 10.5. The Balaban J connectivity index is 1.39. The summed E-state index contributed by atoms with van der Waals surface area (Å²) in [6.45, 7) is 2.54. The topological polar surface area (TPSA) is 38.8 Å². The van der Waals surface area contributed by atoms with Crippen LogP contribution in [0.2, 0.25) is 0 Å². The van der Waals surface area contributed by atoms with Crippen LogP contribution in [0.15, 0.2) is 42.5 Å². The summed E-state index contributed by atoms with van der Waals surface area (Å²) in [6, 6.07) is 12.5. The fraction of sp³-hybridized carbons (Fsp3) is 0.458. The van der Waals surface area contributed by atoms with Gasteiger partial charge in [0, 0.05) is 18.0 Å². The first kappa shape index (κ1) is 19.9. The summed E-state index contributed by atoms with van der Waals surface area (Å²) in [4.78, 5) is 14.9. The van der Waals surface area contributed by atoms with Gasteiger partial charge in [-0.3, -0.25) is 4.79 Å². The van der Waals surface area contributed by atoms with Crippen LogP contribution in [0.4, 0.5) is 4.39 Å². The summed E-state index contributed by atoms with van der Waals surface area (Å²) in [5, 5.41) is 0. The van der Waals surface area contributed by atoms with Gasteiger partial charge < -0.3 is 14.4 Å². The van der Waals surface area contributed by atoms with E-state index >= 15 is 0 Å². The minimum absolute atomic E-state index is 0.170. The first-order valence-corrected chi connectivity index (χ1v) is 10.5. The second-order valence-electron chi connectivity index (χ2n) is 8.01. The Morgan fingerprint density at radius 1 is 1.07 bits per heavy atom. The second kappa shape index (κ2) is 9.40. The van der Waals surface area contributed by atoms with Gasteiger partial charge in [-0.05, 0) is 48.2 Å². The molecule has 0 atom stereocenters. The van der Waals surface area contributed by atoms with Crippen LogP contribution in [-0.4, -0.2) is 24.0 Å². The van der Waals surface area contributed by atoms with Gasteiger partial charge in [0.2, 0.25) is 5.91 Å². The van der Waals surface area contributed by atoms with Crippen molar-refractivity contribution in [2.45, 2.75) is 51.9 Å². The van der Waals surface area contributed by atoms with Gasteiger partial charge in [0.05, 0.1) is 19.8 Å². The molecule has 5 heteroatoms. The monoisotopic (exact) mass is 397 g/mol. The normalized spacial score (nSPS) is 17.3. The van der Waals surface area contributed by atoms with Gasteiger partial charge in [0.1, 0.15) is 18.2 Å². The van der Waals surface area contributed by atoms with E-state index in [2.05, 4.69) is 6.07 Å². The van der Waals surface area contributed by atoms with E-state index in [1.807, 2.05) is 23.1 Å². The molecular weight excluding hydrogens is 369 g/mol. The van der Waals surface area contributed by atoms with Crippen LogP contribution >= 0.6 is 0 Å². The lowest BCUT2D eigenvalue weighted by Crippen LogP contribution is -2.37. The minimum Gasteiger partial charge on any atom is -0.491 e. The average molecular weight is 397 g/mol. The molecule has 1 aliphatic carbocycles. The molecule has 2 aliphatic rings. The average Bonchev–Trinajstić information content (AvgIpc) is 2.96. The predicted octanol–water partition coefficient (Wildman–Crippen LogP) is 4.84. The van der Waals surface area contributed by atoms with Crippen LogP contribution in [0.25, 0.3) is 0 Å². The molecule has 1 fully saturated rings. The van der Waals surface area contributed by atoms with E-state index < -0.39 is 0 Å². The van der Waals surface area contributed by atoms with Gasteiger partial charge in [-0.15, -0.1) is 0 Å². The largest absolute Gasteiger partial charge is 0.491 e. The summed E-state index contributed by atoms with van der Waals surface area (Å²) < 4.78 is 24.9. The van der Waals surface area contributed by atoms with Crippen molar-refractivity contribution in [2.24, 2.45) is 5.92 Å². The Labute approximate surface area is 171 Å². The third-order valence-electron chi connectivity index (χ3n) is 5.80. The maximum Gasteiger partial charge on any atom is 0.226 e. The standard InChI is InChI=1S/C24H28FNO3/c25-22-8-4-5-18(14-22)16-28-17-19-9-10-23-21(13-19)15-26(11-12-29-23)24(27)20-6-2-1-3-7-20/h4-5,8-10,13-14,20H,1-3,6-7,11-12,15-17H2. The molecule has 0 radical (unpaired) electrons. The zero-order valence-corrected chi connectivity index (χ0v) is 16.7. The minimum atomic E-state index is -0.254. The van der Waals surface area contributed by atoms with Crippen molar-refractivity contribution in [1.82, 2.24) is 4.90 Å². The number of rotatable bonds is 5. The number of nitrogens with zero attached hydrogens (tertiary/aromatic N) is 1. The molecule has 0 spiro atoms. The molecule has 0 bridgehead atoms. The molecule has 1 heterocycles. The van der Waals surface area contributed by atoms with Gasteiger partial charge in [-0.2, -0.15) is 0 Å². The Hall–Kier alpha value is -2.40. The number of hydrogen-bond acceptors (Lipinski definition) is 3. The zero-order chi connectivity index (χ0) is 20.1. The first-order chi connectivity index (χ1) is 14.2. The van der Waals surface area contributed by atoms with Crippen molar-refractivity contribution in [2.75, 3.05) is 13.2 Å². The highest BCUT2D eigenvalue weighted by Gasteiger charge is 2.28. The molecule has 1 saturated carbocycles. The Kier molecular flexibility index (Phi) is 6.45. The molecule has 154 valence electrons. The van der Waals surface area contributed by atoms with Crippen LogP contribution in [0.1, 0.15) is 48.8 Å². The van der Waals surface area contributed by atoms with Crippen molar-refractivity contribution in [3.8, 4) is 5.75 Å². The van der Waals surface area contributed by atoms with Crippen LogP contribution < -0.4 is 4.74 Å². The molecule has 1 amide bonds. The van der Waals surface area contributed by atoms with E-state index in [-0.39, 0.29) is 17.6 Å². The van der Waals surface area contributed by atoms with Gasteiger partial charge >= 0.3 is 0 Å². The Morgan fingerprint density at radius 3 is 2.66 bits per heavy atom. The van der Waals surface area contributed by atoms with Crippen molar-refractivity contribution < 1.29 is 18.7 Å². The van der Waals surface area contributed by atoms with E-state index in [0.29, 0.717) is 32.9 Å². The second-order valence-corrected chi connectivity index (χ2v) is 8.01.